The summed E-state index contributed by atoms with van der Waals surface area (Å²) in [4.78, 5) is 26.6. The molecule has 2 aliphatic heterocycles. The lowest BCUT2D eigenvalue weighted by Crippen LogP contribution is -2.40. The van der Waals surface area contributed by atoms with Gasteiger partial charge in [-0.1, -0.05) is 0 Å². The van der Waals surface area contributed by atoms with E-state index in [2.05, 4.69) is 0 Å². The molecule has 2 aromatic rings. The lowest BCUT2D eigenvalue weighted by atomic mass is 9.72. The zero-order chi connectivity index (χ0) is 19.2. The molecule has 1 amide bonds. The number of nitrogens with zero attached hydrogens (tertiary/aromatic N) is 1. The van der Waals surface area contributed by atoms with Gasteiger partial charge in [0.2, 0.25) is 0 Å². The van der Waals surface area contributed by atoms with Gasteiger partial charge in [-0.15, -0.1) is 0 Å². The first-order valence-electron chi connectivity index (χ1n) is 9.12. The van der Waals surface area contributed by atoms with Gasteiger partial charge >= 0.3 is 5.97 Å². The van der Waals surface area contributed by atoms with E-state index in [4.69, 9.17) is 13.9 Å². The summed E-state index contributed by atoms with van der Waals surface area (Å²) in [5.74, 6) is -0.749. The van der Waals surface area contributed by atoms with Crippen LogP contribution in [0, 0.1) is 18.3 Å². The molecule has 1 aromatic carbocycles. The molecule has 7 heteroatoms. The number of carboxylic acid groups (broad SMARTS) is 1. The van der Waals surface area contributed by atoms with E-state index in [1.807, 2.05) is 19.1 Å². The van der Waals surface area contributed by atoms with Crippen molar-refractivity contribution in [2.24, 2.45) is 11.3 Å². The lowest BCUT2D eigenvalue weighted by molar-refractivity contribution is -0.146. The SMILES string of the molecule is COc1ccc2c(C)c(C(=O)N3CC(C(=O)O)C4(CCOCC4)C3)oc2c1. The number of fused-ring (bicyclic) bond motifs is 1. The van der Waals surface area contributed by atoms with Crippen LogP contribution in [0.3, 0.4) is 0 Å². The molecule has 1 N–H and O–H groups in total. The van der Waals surface area contributed by atoms with Crippen LogP contribution in [0.4, 0.5) is 0 Å². The first-order valence-corrected chi connectivity index (χ1v) is 9.12. The van der Waals surface area contributed by atoms with Crippen molar-refractivity contribution in [3.05, 3.63) is 29.5 Å². The summed E-state index contributed by atoms with van der Waals surface area (Å²) < 4.78 is 16.5. The number of rotatable bonds is 3. The number of carboxylic acids is 1. The predicted molar refractivity (Wildman–Crippen MR) is 97.0 cm³/mol. The second kappa shape index (κ2) is 6.56. The van der Waals surface area contributed by atoms with Crippen molar-refractivity contribution in [3.8, 4) is 5.75 Å². The third kappa shape index (κ3) is 2.86. The minimum atomic E-state index is -0.849. The zero-order valence-electron chi connectivity index (χ0n) is 15.5. The van der Waals surface area contributed by atoms with Crippen molar-refractivity contribution in [2.45, 2.75) is 19.8 Å². The average Bonchev–Trinajstić information content (AvgIpc) is 3.20. The van der Waals surface area contributed by atoms with Crippen LogP contribution < -0.4 is 4.74 Å². The number of aryl methyl sites for hydroxylation is 1. The summed E-state index contributed by atoms with van der Waals surface area (Å²) in [6.07, 6.45) is 1.31. The Morgan fingerprint density at radius 1 is 1.30 bits per heavy atom. The third-order valence-corrected chi connectivity index (χ3v) is 6.06. The highest BCUT2D eigenvalue weighted by molar-refractivity contribution is 5.99. The quantitative estimate of drug-likeness (QED) is 0.890. The summed E-state index contributed by atoms with van der Waals surface area (Å²) in [6, 6.07) is 5.45. The molecule has 2 aliphatic rings. The van der Waals surface area contributed by atoms with E-state index >= 15 is 0 Å². The molecular formula is C20H23NO6. The van der Waals surface area contributed by atoms with Crippen LogP contribution in [-0.2, 0) is 9.53 Å². The molecule has 0 aliphatic carbocycles. The highest BCUT2D eigenvalue weighted by Crippen LogP contribution is 2.45. The Hall–Kier alpha value is -2.54. The van der Waals surface area contributed by atoms with E-state index in [9.17, 15) is 14.7 Å². The van der Waals surface area contributed by atoms with Gasteiger partial charge in [-0.2, -0.15) is 0 Å². The van der Waals surface area contributed by atoms with Crippen LogP contribution in [0.25, 0.3) is 11.0 Å². The summed E-state index contributed by atoms with van der Waals surface area (Å²) in [6.45, 7) is 3.55. The molecule has 144 valence electrons. The fraction of sp³-hybridized carbons (Fsp3) is 0.500. The number of hydrogen-bond donors (Lipinski definition) is 1. The molecular weight excluding hydrogens is 350 g/mol. The molecule has 7 nitrogen and oxygen atoms in total. The van der Waals surface area contributed by atoms with Gasteiger partial charge in [0.05, 0.1) is 13.0 Å². The number of hydrogen-bond acceptors (Lipinski definition) is 5. The predicted octanol–water partition coefficient (Wildman–Crippen LogP) is 2.70. The van der Waals surface area contributed by atoms with Crippen molar-refractivity contribution in [1.82, 2.24) is 4.90 Å². The fourth-order valence-electron chi connectivity index (χ4n) is 4.43. The molecule has 1 unspecified atom stereocenters. The van der Waals surface area contributed by atoms with E-state index in [-0.39, 0.29) is 18.2 Å². The number of furan rings is 1. The molecule has 0 bridgehead atoms. The van der Waals surface area contributed by atoms with Crippen molar-refractivity contribution in [1.29, 1.82) is 0 Å². The Balaban J connectivity index is 1.66. The number of carbonyl (C=O) groups excluding carboxylic acids is 1. The number of aliphatic carboxylic acids is 1. The second-order valence-corrected chi connectivity index (χ2v) is 7.47. The van der Waals surface area contributed by atoms with Crippen LogP contribution >= 0.6 is 0 Å². The molecule has 2 fully saturated rings. The van der Waals surface area contributed by atoms with Crippen molar-refractivity contribution in [3.63, 3.8) is 0 Å². The van der Waals surface area contributed by atoms with Crippen LogP contribution in [0.5, 0.6) is 5.75 Å². The molecule has 1 aromatic heterocycles. The summed E-state index contributed by atoms with van der Waals surface area (Å²) in [5.41, 5.74) is 0.936. The van der Waals surface area contributed by atoms with E-state index in [1.54, 1.807) is 18.1 Å². The second-order valence-electron chi connectivity index (χ2n) is 7.47. The largest absolute Gasteiger partial charge is 0.497 e. The van der Waals surface area contributed by atoms with Gasteiger partial charge in [-0.3, -0.25) is 9.59 Å². The Morgan fingerprint density at radius 3 is 2.70 bits per heavy atom. The highest BCUT2D eigenvalue weighted by Gasteiger charge is 2.52. The van der Waals surface area contributed by atoms with Gasteiger partial charge in [0.15, 0.2) is 5.76 Å². The van der Waals surface area contributed by atoms with Crippen molar-refractivity contribution in [2.75, 3.05) is 33.4 Å². The normalized spacial score (nSPS) is 21.7. The first-order chi connectivity index (χ1) is 12.9. The van der Waals surface area contributed by atoms with Crippen molar-refractivity contribution < 1.29 is 28.6 Å². The van der Waals surface area contributed by atoms with Crippen molar-refractivity contribution >= 4 is 22.8 Å². The number of benzene rings is 1. The molecule has 1 atom stereocenters. The Labute approximate surface area is 156 Å². The molecule has 4 rings (SSSR count). The van der Waals surface area contributed by atoms with Gasteiger partial charge < -0.3 is 23.9 Å². The molecule has 2 saturated heterocycles. The molecule has 0 saturated carbocycles. The smallest absolute Gasteiger partial charge is 0.308 e. The highest BCUT2D eigenvalue weighted by atomic mass is 16.5. The monoisotopic (exact) mass is 373 g/mol. The van der Waals surface area contributed by atoms with Gasteiger partial charge in [0.1, 0.15) is 11.3 Å². The minimum Gasteiger partial charge on any atom is -0.497 e. The summed E-state index contributed by atoms with van der Waals surface area (Å²) >= 11 is 0. The van der Waals surface area contributed by atoms with Crippen LogP contribution in [-0.4, -0.2) is 55.3 Å². The molecule has 0 radical (unpaired) electrons. The summed E-state index contributed by atoms with van der Waals surface area (Å²) in [7, 11) is 1.58. The Bertz CT molecular complexity index is 895. The van der Waals surface area contributed by atoms with E-state index in [0.29, 0.717) is 43.9 Å². The average molecular weight is 373 g/mol. The van der Waals surface area contributed by atoms with E-state index in [1.165, 1.54) is 0 Å². The number of likely N-dealkylation sites (tertiary alicyclic amines) is 1. The molecule has 3 heterocycles. The number of ether oxygens (including phenoxy) is 2. The third-order valence-electron chi connectivity index (χ3n) is 6.06. The standard InChI is InChI=1S/C20H23NO6/c1-12-14-4-3-13(25-2)9-16(14)27-17(12)18(22)21-10-15(19(23)24)20(11-21)5-7-26-8-6-20/h3-4,9,15H,5-8,10-11H2,1-2H3,(H,23,24). The minimum absolute atomic E-state index is 0.202. The Morgan fingerprint density at radius 2 is 2.04 bits per heavy atom. The number of amides is 1. The topological polar surface area (TPSA) is 89.2 Å². The van der Waals surface area contributed by atoms with Crippen LogP contribution in [0.1, 0.15) is 29.0 Å². The van der Waals surface area contributed by atoms with Crippen LogP contribution in [0.2, 0.25) is 0 Å². The Kier molecular flexibility index (Phi) is 4.34. The van der Waals surface area contributed by atoms with Gasteiger partial charge in [-0.25, -0.2) is 0 Å². The summed E-state index contributed by atoms with van der Waals surface area (Å²) in [5, 5.41) is 10.6. The van der Waals surface area contributed by atoms with E-state index < -0.39 is 17.3 Å². The fourth-order valence-corrected chi connectivity index (χ4v) is 4.43. The maximum Gasteiger partial charge on any atom is 0.308 e. The lowest BCUT2D eigenvalue weighted by Gasteiger charge is -2.36. The maximum absolute atomic E-state index is 13.2. The number of carbonyl (C=O) groups is 2. The van der Waals surface area contributed by atoms with Gasteiger partial charge in [0, 0.05) is 48.7 Å². The van der Waals surface area contributed by atoms with E-state index in [0.717, 1.165) is 10.9 Å². The molecule has 27 heavy (non-hydrogen) atoms. The number of methoxy groups -OCH3 is 1. The maximum atomic E-state index is 13.2. The van der Waals surface area contributed by atoms with Gasteiger partial charge in [0.25, 0.3) is 5.91 Å². The van der Waals surface area contributed by atoms with Gasteiger partial charge in [-0.05, 0) is 31.9 Å². The molecule has 1 spiro atoms. The zero-order valence-corrected chi connectivity index (χ0v) is 15.5. The van der Waals surface area contributed by atoms with Crippen LogP contribution in [0.15, 0.2) is 22.6 Å². The first kappa shape index (κ1) is 17.9.